The Morgan fingerprint density at radius 3 is 3.22 bits per heavy atom. The van der Waals surface area contributed by atoms with Crippen molar-refractivity contribution in [2.24, 2.45) is 0 Å². The summed E-state index contributed by atoms with van der Waals surface area (Å²) in [5.41, 5.74) is 4.84. The predicted molar refractivity (Wildman–Crippen MR) is 95.1 cm³/mol. The molecular formula is C17H17N3OS2. The van der Waals surface area contributed by atoms with Crippen LogP contribution in [-0.2, 0) is 6.54 Å². The number of amides is 1. The molecular weight excluding hydrogens is 326 g/mol. The molecule has 6 heteroatoms. The molecule has 3 aromatic rings. The highest BCUT2D eigenvalue weighted by Gasteiger charge is 2.24. The van der Waals surface area contributed by atoms with Crippen LogP contribution in [0.15, 0.2) is 40.5 Å². The van der Waals surface area contributed by atoms with Crippen LogP contribution >= 0.6 is 22.7 Å². The van der Waals surface area contributed by atoms with Gasteiger partial charge in [0.1, 0.15) is 0 Å². The summed E-state index contributed by atoms with van der Waals surface area (Å²) in [6.07, 6.45) is 1.01. The van der Waals surface area contributed by atoms with Crippen LogP contribution in [0.5, 0.6) is 0 Å². The molecule has 118 valence electrons. The standard InChI is InChI=1S/C17H17N3OS2/c21-17(13-1-2-15-16(7-13)23-11-18-15)19-14-3-5-20(9-14)8-12-4-6-22-10-12/h1-2,4,6-7,10-11,14H,3,5,8-9H2,(H,19,21). The van der Waals surface area contributed by atoms with Crippen molar-refractivity contribution in [3.63, 3.8) is 0 Å². The lowest BCUT2D eigenvalue weighted by Gasteiger charge is -2.16. The first-order chi connectivity index (χ1) is 11.3. The second kappa shape index (κ2) is 6.39. The van der Waals surface area contributed by atoms with Crippen molar-refractivity contribution in [1.82, 2.24) is 15.2 Å². The largest absolute Gasteiger partial charge is 0.348 e. The molecule has 1 N–H and O–H groups in total. The van der Waals surface area contributed by atoms with E-state index in [1.807, 2.05) is 23.7 Å². The highest BCUT2D eigenvalue weighted by molar-refractivity contribution is 7.16. The van der Waals surface area contributed by atoms with E-state index < -0.39 is 0 Å². The van der Waals surface area contributed by atoms with E-state index in [0.29, 0.717) is 0 Å². The van der Waals surface area contributed by atoms with Gasteiger partial charge in [0.05, 0.1) is 15.7 Å². The molecule has 1 aliphatic rings. The third-order valence-corrected chi connectivity index (χ3v) is 5.71. The zero-order valence-electron chi connectivity index (χ0n) is 12.6. The van der Waals surface area contributed by atoms with E-state index in [0.717, 1.165) is 41.8 Å². The Bertz CT molecular complexity index is 812. The van der Waals surface area contributed by atoms with Crippen LogP contribution < -0.4 is 5.32 Å². The number of hydrogen-bond acceptors (Lipinski definition) is 5. The fraction of sp³-hybridized carbons (Fsp3) is 0.294. The van der Waals surface area contributed by atoms with Gasteiger partial charge in [0.25, 0.3) is 5.91 Å². The van der Waals surface area contributed by atoms with Crippen molar-refractivity contribution in [1.29, 1.82) is 0 Å². The van der Waals surface area contributed by atoms with Gasteiger partial charge in [-0.3, -0.25) is 9.69 Å². The molecule has 1 aliphatic heterocycles. The van der Waals surface area contributed by atoms with Crippen LogP contribution in [0.2, 0.25) is 0 Å². The Morgan fingerprint density at radius 2 is 2.35 bits per heavy atom. The molecule has 4 rings (SSSR count). The van der Waals surface area contributed by atoms with Gasteiger partial charge in [-0.2, -0.15) is 11.3 Å². The maximum Gasteiger partial charge on any atom is 0.251 e. The molecule has 1 fully saturated rings. The molecule has 1 atom stereocenters. The average molecular weight is 343 g/mol. The minimum atomic E-state index is 0.0164. The number of thiazole rings is 1. The number of nitrogens with zero attached hydrogens (tertiary/aromatic N) is 2. The summed E-state index contributed by atoms with van der Waals surface area (Å²) in [5.74, 6) is 0.0164. The van der Waals surface area contributed by atoms with Gasteiger partial charge in [0, 0.05) is 31.2 Å². The monoisotopic (exact) mass is 343 g/mol. The van der Waals surface area contributed by atoms with E-state index in [1.54, 1.807) is 22.7 Å². The number of fused-ring (bicyclic) bond motifs is 1. The SMILES string of the molecule is O=C(NC1CCN(Cc2ccsc2)C1)c1ccc2ncsc2c1. The molecule has 1 unspecified atom stereocenters. The van der Waals surface area contributed by atoms with E-state index >= 15 is 0 Å². The van der Waals surface area contributed by atoms with Gasteiger partial charge in [0.15, 0.2) is 0 Å². The minimum Gasteiger partial charge on any atom is -0.348 e. The number of benzene rings is 1. The third-order valence-electron chi connectivity index (χ3n) is 4.19. The summed E-state index contributed by atoms with van der Waals surface area (Å²) in [5, 5.41) is 7.47. The normalized spacial score (nSPS) is 18.5. The van der Waals surface area contributed by atoms with Crippen molar-refractivity contribution in [3.8, 4) is 0 Å². The number of rotatable bonds is 4. The first-order valence-corrected chi connectivity index (χ1v) is 9.48. The van der Waals surface area contributed by atoms with Crippen LogP contribution in [-0.4, -0.2) is 34.9 Å². The van der Waals surface area contributed by atoms with Gasteiger partial charge in [-0.15, -0.1) is 11.3 Å². The topological polar surface area (TPSA) is 45.2 Å². The highest BCUT2D eigenvalue weighted by Crippen LogP contribution is 2.20. The lowest BCUT2D eigenvalue weighted by Crippen LogP contribution is -2.36. The number of thiophene rings is 1. The second-order valence-corrected chi connectivity index (χ2v) is 7.53. The molecule has 0 saturated carbocycles. The molecule has 2 aromatic heterocycles. The van der Waals surface area contributed by atoms with E-state index in [9.17, 15) is 4.79 Å². The Labute approximate surface area is 142 Å². The van der Waals surface area contributed by atoms with E-state index in [2.05, 4.69) is 32.0 Å². The van der Waals surface area contributed by atoms with Crippen LogP contribution in [0.4, 0.5) is 0 Å². The van der Waals surface area contributed by atoms with Crippen LogP contribution in [0, 0.1) is 0 Å². The van der Waals surface area contributed by atoms with Gasteiger partial charge < -0.3 is 5.32 Å². The van der Waals surface area contributed by atoms with E-state index in [1.165, 1.54) is 5.56 Å². The summed E-state index contributed by atoms with van der Waals surface area (Å²) >= 11 is 3.30. The van der Waals surface area contributed by atoms with Crippen LogP contribution in [0.1, 0.15) is 22.3 Å². The van der Waals surface area contributed by atoms with Crippen molar-refractivity contribution < 1.29 is 4.79 Å². The Morgan fingerprint density at radius 1 is 1.39 bits per heavy atom. The number of hydrogen-bond donors (Lipinski definition) is 1. The van der Waals surface area contributed by atoms with E-state index in [4.69, 9.17) is 0 Å². The maximum absolute atomic E-state index is 12.4. The smallest absolute Gasteiger partial charge is 0.251 e. The summed E-state index contributed by atoms with van der Waals surface area (Å²) in [6, 6.07) is 8.10. The first-order valence-electron chi connectivity index (χ1n) is 7.65. The quantitative estimate of drug-likeness (QED) is 0.790. The Kier molecular flexibility index (Phi) is 4.11. The average Bonchev–Trinajstić information content (AvgIpc) is 3.28. The minimum absolute atomic E-state index is 0.0164. The molecule has 1 aromatic carbocycles. The summed E-state index contributed by atoms with van der Waals surface area (Å²) in [6.45, 7) is 2.93. The molecule has 1 amide bonds. The first kappa shape index (κ1) is 14.8. The van der Waals surface area contributed by atoms with Crippen molar-refractivity contribution >= 4 is 38.8 Å². The van der Waals surface area contributed by atoms with Gasteiger partial charge >= 0.3 is 0 Å². The second-order valence-electron chi connectivity index (χ2n) is 5.86. The number of carbonyl (C=O) groups excluding carboxylic acids is 1. The van der Waals surface area contributed by atoms with Gasteiger partial charge in [-0.25, -0.2) is 4.98 Å². The van der Waals surface area contributed by atoms with Crippen molar-refractivity contribution in [3.05, 3.63) is 51.7 Å². The molecule has 0 spiro atoms. The molecule has 0 bridgehead atoms. The van der Waals surface area contributed by atoms with Gasteiger partial charge in [-0.05, 0) is 47.0 Å². The van der Waals surface area contributed by atoms with Gasteiger partial charge in [0.2, 0.25) is 0 Å². The van der Waals surface area contributed by atoms with Crippen molar-refractivity contribution in [2.75, 3.05) is 13.1 Å². The molecule has 0 aliphatic carbocycles. The molecule has 4 nitrogen and oxygen atoms in total. The zero-order chi connectivity index (χ0) is 15.6. The Balaban J connectivity index is 1.37. The number of carbonyl (C=O) groups is 1. The number of aromatic nitrogens is 1. The lowest BCUT2D eigenvalue weighted by molar-refractivity contribution is 0.0938. The summed E-state index contributed by atoms with van der Waals surface area (Å²) < 4.78 is 1.06. The summed E-state index contributed by atoms with van der Waals surface area (Å²) in [4.78, 5) is 19.1. The van der Waals surface area contributed by atoms with Crippen LogP contribution in [0.3, 0.4) is 0 Å². The fourth-order valence-electron chi connectivity index (χ4n) is 3.00. The maximum atomic E-state index is 12.4. The fourth-order valence-corrected chi connectivity index (χ4v) is 4.38. The third kappa shape index (κ3) is 3.29. The number of nitrogens with one attached hydrogen (secondary N) is 1. The molecule has 3 heterocycles. The predicted octanol–water partition coefficient (Wildman–Crippen LogP) is 3.36. The Hall–Kier alpha value is -1.76. The number of likely N-dealkylation sites (tertiary alicyclic amines) is 1. The van der Waals surface area contributed by atoms with E-state index in [-0.39, 0.29) is 11.9 Å². The summed E-state index contributed by atoms with van der Waals surface area (Å²) in [7, 11) is 0. The van der Waals surface area contributed by atoms with Crippen LogP contribution in [0.25, 0.3) is 10.2 Å². The lowest BCUT2D eigenvalue weighted by atomic mass is 10.2. The highest BCUT2D eigenvalue weighted by atomic mass is 32.1. The van der Waals surface area contributed by atoms with Crippen molar-refractivity contribution in [2.45, 2.75) is 19.0 Å². The molecule has 1 saturated heterocycles. The zero-order valence-corrected chi connectivity index (χ0v) is 14.2. The molecule has 0 radical (unpaired) electrons. The molecule has 23 heavy (non-hydrogen) atoms. The van der Waals surface area contributed by atoms with Gasteiger partial charge in [-0.1, -0.05) is 0 Å².